The topological polar surface area (TPSA) is 50.1 Å². The molecule has 2 aromatic carbocycles. The summed E-state index contributed by atoms with van der Waals surface area (Å²) in [5.74, 6) is 0.247. The lowest BCUT2D eigenvalue weighted by Gasteiger charge is -2.04. The molecule has 0 bridgehead atoms. The van der Waals surface area contributed by atoms with Crippen LogP contribution in [0.25, 0.3) is 5.69 Å². The summed E-state index contributed by atoms with van der Waals surface area (Å²) in [6, 6.07) is 14.5. The van der Waals surface area contributed by atoms with Crippen LogP contribution < -0.4 is 5.32 Å². The quantitative estimate of drug-likeness (QED) is 0.769. The smallest absolute Gasteiger partial charge is 0.117 e. The zero-order valence-electron chi connectivity index (χ0n) is 11.2. The number of hydrogen-bond acceptors (Lipinski definition) is 3. The summed E-state index contributed by atoms with van der Waals surface area (Å²) in [6.45, 7) is 0.636. The molecule has 0 saturated heterocycles. The van der Waals surface area contributed by atoms with Crippen molar-refractivity contribution in [1.82, 2.24) is 9.78 Å². The van der Waals surface area contributed by atoms with E-state index >= 15 is 0 Å². The first-order valence-corrected chi connectivity index (χ1v) is 6.91. The van der Waals surface area contributed by atoms with E-state index in [1.165, 1.54) is 0 Å². The second-order valence-corrected chi connectivity index (χ2v) is 5.11. The minimum Gasteiger partial charge on any atom is -0.508 e. The number of benzene rings is 2. The van der Waals surface area contributed by atoms with Crippen LogP contribution in [-0.2, 0) is 6.54 Å². The van der Waals surface area contributed by atoms with Crippen molar-refractivity contribution in [3.8, 4) is 11.4 Å². The average molecular weight is 300 g/mol. The predicted octanol–water partition coefficient (Wildman–Crippen LogP) is 3.84. The van der Waals surface area contributed by atoms with Gasteiger partial charge in [-0.15, -0.1) is 0 Å². The van der Waals surface area contributed by atoms with Crippen LogP contribution in [0.2, 0.25) is 5.02 Å². The standard InChI is InChI=1S/C16H14ClN3O/c17-13-4-6-15(7-5-13)20-11-12(10-19-20)9-18-14-2-1-3-16(21)8-14/h1-8,10-11,18,21H,9H2. The lowest BCUT2D eigenvalue weighted by atomic mass is 10.3. The first-order chi connectivity index (χ1) is 10.2. The maximum atomic E-state index is 9.42. The molecule has 0 aliphatic heterocycles. The lowest BCUT2D eigenvalue weighted by Crippen LogP contribution is -1.98. The Balaban J connectivity index is 1.69. The predicted molar refractivity (Wildman–Crippen MR) is 84.0 cm³/mol. The molecular formula is C16H14ClN3O. The van der Waals surface area contributed by atoms with Crippen LogP contribution in [0, 0.1) is 0 Å². The number of phenols is 1. The molecule has 0 aliphatic rings. The SMILES string of the molecule is Oc1cccc(NCc2cnn(-c3ccc(Cl)cc3)c2)c1. The fourth-order valence-electron chi connectivity index (χ4n) is 2.01. The molecule has 0 spiro atoms. The number of aromatic hydroxyl groups is 1. The number of nitrogens with one attached hydrogen (secondary N) is 1. The van der Waals surface area contributed by atoms with Crippen LogP contribution in [0.5, 0.6) is 5.75 Å². The van der Waals surface area contributed by atoms with E-state index in [2.05, 4.69) is 10.4 Å². The zero-order valence-corrected chi connectivity index (χ0v) is 12.0. The molecule has 3 aromatic rings. The van der Waals surface area contributed by atoms with E-state index in [0.717, 1.165) is 16.9 Å². The van der Waals surface area contributed by atoms with Crippen molar-refractivity contribution >= 4 is 17.3 Å². The number of nitrogens with zero attached hydrogens (tertiary/aromatic N) is 2. The van der Waals surface area contributed by atoms with E-state index < -0.39 is 0 Å². The molecule has 106 valence electrons. The Hall–Kier alpha value is -2.46. The molecule has 0 saturated carbocycles. The van der Waals surface area contributed by atoms with Gasteiger partial charge in [0, 0.05) is 35.1 Å². The third-order valence-electron chi connectivity index (χ3n) is 3.07. The summed E-state index contributed by atoms with van der Waals surface area (Å²) in [4.78, 5) is 0. The van der Waals surface area contributed by atoms with E-state index in [1.54, 1.807) is 22.9 Å². The Morgan fingerprint density at radius 1 is 1.14 bits per heavy atom. The van der Waals surface area contributed by atoms with Gasteiger partial charge in [0.2, 0.25) is 0 Å². The van der Waals surface area contributed by atoms with Crippen molar-refractivity contribution in [3.63, 3.8) is 0 Å². The summed E-state index contributed by atoms with van der Waals surface area (Å²) in [7, 11) is 0. The minimum absolute atomic E-state index is 0.247. The number of anilines is 1. The van der Waals surface area contributed by atoms with Gasteiger partial charge in [-0.05, 0) is 36.4 Å². The summed E-state index contributed by atoms with van der Waals surface area (Å²) in [5, 5.41) is 17.7. The molecule has 0 aliphatic carbocycles. The van der Waals surface area contributed by atoms with Gasteiger partial charge >= 0.3 is 0 Å². The van der Waals surface area contributed by atoms with Gasteiger partial charge in [0.1, 0.15) is 5.75 Å². The number of aromatic nitrogens is 2. The van der Waals surface area contributed by atoms with Crippen LogP contribution in [0.15, 0.2) is 60.9 Å². The number of halogens is 1. The number of rotatable bonds is 4. The van der Waals surface area contributed by atoms with E-state index in [4.69, 9.17) is 11.6 Å². The number of hydrogen-bond donors (Lipinski definition) is 2. The van der Waals surface area contributed by atoms with E-state index in [-0.39, 0.29) is 5.75 Å². The summed E-state index contributed by atoms with van der Waals surface area (Å²) in [6.07, 6.45) is 3.77. The van der Waals surface area contributed by atoms with Gasteiger partial charge in [0.25, 0.3) is 0 Å². The first kappa shape index (κ1) is 13.5. The van der Waals surface area contributed by atoms with Crippen molar-refractivity contribution in [2.75, 3.05) is 5.32 Å². The van der Waals surface area contributed by atoms with Crippen LogP contribution in [0.4, 0.5) is 5.69 Å². The Morgan fingerprint density at radius 3 is 2.71 bits per heavy atom. The highest BCUT2D eigenvalue weighted by molar-refractivity contribution is 6.30. The zero-order chi connectivity index (χ0) is 14.7. The Labute approximate surface area is 127 Å². The van der Waals surface area contributed by atoms with Crippen LogP contribution in [-0.4, -0.2) is 14.9 Å². The van der Waals surface area contributed by atoms with Crippen molar-refractivity contribution < 1.29 is 5.11 Å². The third kappa shape index (κ3) is 3.35. The maximum Gasteiger partial charge on any atom is 0.117 e. The van der Waals surface area contributed by atoms with Gasteiger partial charge in [-0.25, -0.2) is 4.68 Å². The molecule has 0 fully saturated rings. The number of phenolic OH excluding ortho intramolecular Hbond substituents is 1. The van der Waals surface area contributed by atoms with Gasteiger partial charge in [0.15, 0.2) is 0 Å². The van der Waals surface area contributed by atoms with Crippen LogP contribution >= 0.6 is 11.6 Å². The normalized spacial score (nSPS) is 10.5. The molecule has 0 unspecified atom stereocenters. The third-order valence-corrected chi connectivity index (χ3v) is 3.32. The highest BCUT2D eigenvalue weighted by Crippen LogP contribution is 2.17. The molecule has 0 atom stereocenters. The summed E-state index contributed by atoms with van der Waals surface area (Å²) < 4.78 is 1.80. The second-order valence-electron chi connectivity index (χ2n) is 4.67. The van der Waals surface area contributed by atoms with Gasteiger partial charge in [0.05, 0.1) is 11.9 Å². The van der Waals surface area contributed by atoms with Gasteiger partial charge in [-0.3, -0.25) is 0 Å². The van der Waals surface area contributed by atoms with E-state index in [0.29, 0.717) is 11.6 Å². The molecule has 0 radical (unpaired) electrons. The highest BCUT2D eigenvalue weighted by atomic mass is 35.5. The molecule has 0 amide bonds. The van der Waals surface area contributed by atoms with Crippen molar-refractivity contribution in [1.29, 1.82) is 0 Å². The first-order valence-electron chi connectivity index (χ1n) is 6.53. The highest BCUT2D eigenvalue weighted by Gasteiger charge is 2.01. The van der Waals surface area contributed by atoms with Crippen molar-refractivity contribution in [3.05, 3.63) is 71.5 Å². The van der Waals surface area contributed by atoms with Crippen molar-refractivity contribution in [2.45, 2.75) is 6.54 Å². The molecule has 2 N–H and O–H groups in total. The van der Waals surface area contributed by atoms with E-state index in [9.17, 15) is 5.11 Å². The second kappa shape index (κ2) is 5.89. The monoisotopic (exact) mass is 299 g/mol. The van der Waals surface area contributed by atoms with Gasteiger partial charge in [-0.1, -0.05) is 17.7 Å². The lowest BCUT2D eigenvalue weighted by molar-refractivity contribution is 0.475. The Morgan fingerprint density at radius 2 is 1.95 bits per heavy atom. The Kier molecular flexibility index (Phi) is 3.79. The van der Waals surface area contributed by atoms with E-state index in [1.807, 2.05) is 42.7 Å². The van der Waals surface area contributed by atoms with Crippen LogP contribution in [0.3, 0.4) is 0 Å². The molecule has 4 nitrogen and oxygen atoms in total. The molecule has 5 heteroatoms. The molecule has 3 rings (SSSR count). The fourth-order valence-corrected chi connectivity index (χ4v) is 2.13. The Bertz CT molecular complexity index is 737. The summed E-state index contributed by atoms with van der Waals surface area (Å²) in [5.41, 5.74) is 2.88. The molecule has 21 heavy (non-hydrogen) atoms. The van der Waals surface area contributed by atoms with Crippen LogP contribution in [0.1, 0.15) is 5.56 Å². The average Bonchev–Trinajstić information content (AvgIpc) is 2.95. The fraction of sp³-hybridized carbons (Fsp3) is 0.0625. The molecular weight excluding hydrogens is 286 g/mol. The largest absolute Gasteiger partial charge is 0.508 e. The molecule has 1 heterocycles. The maximum absolute atomic E-state index is 9.42. The van der Waals surface area contributed by atoms with Crippen molar-refractivity contribution in [2.24, 2.45) is 0 Å². The molecule has 1 aromatic heterocycles. The van der Waals surface area contributed by atoms with Gasteiger partial charge in [-0.2, -0.15) is 5.10 Å². The minimum atomic E-state index is 0.247. The summed E-state index contributed by atoms with van der Waals surface area (Å²) >= 11 is 5.87. The van der Waals surface area contributed by atoms with Gasteiger partial charge < -0.3 is 10.4 Å².